The number of anilines is 1. The van der Waals surface area contributed by atoms with Crippen molar-refractivity contribution < 1.29 is 13.2 Å². The minimum Gasteiger partial charge on any atom is -0.469 e. The Kier molecular flexibility index (Phi) is 3.01. The molecule has 1 unspecified atom stereocenters. The number of nitrogens with one attached hydrogen (secondary N) is 1. The van der Waals surface area contributed by atoms with E-state index < -0.39 is 11.6 Å². The first-order chi connectivity index (χ1) is 9.16. The summed E-state index contributed by atoms with van der Waals surface area (Å²) in [4.78, 5) is 0. The minimum atomic E-state index is -0.557. The van der Waals surface area contributed by atoms with E-state index in [-0.39, 0.29) is 11.7 Å². The average Bonchev–Trinajstić information content (AvgIpc) is 2.88. The van der Waals surface area contributed by atoms with Crippen LogP contribution in [-0.2, 0) is 6.42 Å². The molecule has 1 aliphatic rings. The van der Waals surface area contributed by atoms with Crippen molar-refractivity contribution in [2.24, 2.45) is 0 Å². The van der Waals surface area contributed by atoms with Crippen LogP contribution in [0.15, 0.2) is 28.9 Å². The Morgan fingerprint density at radius 2 is 2.11 bits per heavy atom. The van der Waals surface area contributed by atoms with E-state index in [2.05, 4.69) is 5.32 Å². The summed E-state index contributed by atoms with van der Waals surface area (Å²) in [6, 6.07) is 4.52. The number of furan rings is 1. The Morgan fingerprint density at radius 1 is 1.26 bits per heavy atom. The third kappa shape index (κ3) is 2.11. The van der Waals surface area contributed by atoms with E-state index >= 15 is 0 Å². The summed E-state index contributed by atoms with van der Waals surface area (Å²) in [6.07, 6.45) is 4.32. The smallest absolute Gasteiger partial charge is 0.152 e. The lowest BCUT2D eigenvalue weighted by Crippen LogP contribution is -2.17. The second-order valence-corrected chi connectivity index (χ2v) is 4.94. The number of hydrogen-bond acceptors (Lipinski definition) is 2. The number of halogens is 2. The van der Waals surface area contributed by atoms with Crippen LogP contribution >= 0.6 is 0 Å². The van der Waals surface area contributed by atoms with Crippen LogP contribution < -0.4 is 5.32 Å². The molecule has 0 fully saturated rings. The van der Waals surface area contributed by atoms with Gasteiger partial charge in [-0.15, -0.1) is 0 Å². The van der Waals surface area contributed by atoms with Crippen LogP contribution in [-0.4, -0.2) is 0 Å². The standard InChI is InChI=1S/C15H15F2NO/c1-9-5-6-11(16)15(14(9)17)18-12-3-2-4-13-10(12)7-8-19-13/h5-8,12,18H,2-4H2,1H3. The summed E-state index contributed by atoms with van der Waals surface area (Å²) in [7, 11) is 0. The second-order valence-electron chi connectivity index (χ2n) is 4.94. The van der Waals surface area contributed by atoms with Gasteiger partial charge in [0.1, 0.15) is 17.3 Å². The zero-order valence-electron chi connectivity index (χ0n) is 10.7. The molecule has 2 aromatic rings. The van der Waals surface area contributed by atoms with E-state index in [1.54, 1.807) is 13.2 Å². The van der Waals surface area contributed by atoms with Gasteiger partial charge in [-0.05, 0) is 37.5 Å². The maximum atomic E-state index is 14.0. The molecule has 0 saturated heterocycles. The van der Waals surface area contributed by atoms with E-state index in [1.807, 2.05) is 6.07 Å². The Balaban J connectivity index is 1.94. The van der Waals surface area contributed by atoms with Crippen LogP contribution in [0.1, 0.15) is 35.8 Å². The van der Waals surface area contributed by atoms with E-state index in [1.165, 1.54) is 12.1 Å². The van der Waals surface area contributed by atoms with Crippen LogP contribution in [0.3, 0.4) is 0 Å². The molecule has 1 aromatic heterocycles. The molecule has 1 N–H and O–H groups in total. The Labute approximate surface area is 110 Å². The van der Waals surface area contributed by atoms with Crippen molar-refractivity contribution in [3.8, 4) is 0 Å². The van der Waals surface area contributed by atoms with E-state index in [0.717, 1.165) is 30.6 Å². The highest BCUT2D eigenvalue weighted by atomic mass is 19.1. The van der Waals surface area contributed by atoms with Gasteiger partial charge in [-0.3, -0.25) is 0 Å². The molecule has 0 radical (unpaired) electrons. The highest BCUT2D eigenvalue weighted by molar-refractivity contribution is 5.51. The summed E-state index contributed by atoms with van der Waals surface area (Å²) in [5.41, 5.74) is 1.40. The Bertz CT molecular complexity index is 606. The molecule has 4 heteroatoms. The van der Waals surface area contributed by atoms with Gasteiger partial charge < -0.3 is 9.73 Å². The molecule has 0 bridgehead atoms. The maximum Gasteiger partial charge on any atom is 0.152 e. The van der Waals surface area contributed by atoms with Gasteiger partial charge in [0.15, 0.2) is 5.82 Å². The fourth-order valence-corrected chi connectivity index (χ4v) is 2.60. The third-order valence-corrected chi connectivity index (χ3v) is 3.65. The predicted molar refractivity (Wildman–Crippen MR) is 69.1 cm³/mol. The molecular formula is C15H15F2NO. The average molecular weight is 263 g/mol. The number of fused-ring (bicyclic) bond motifs is 1. The molecule has 1 aromatic carbocycles. The van der Waals surface area contributed by atoms with Crippen molar-refractivity contribution in [3.63, 3.8) is 0 Å². The quantitative estimate of drug-likeness (QED) is 0.871. The monoisotopic (exact) mass is 263 g/mol. The lowest BCUT2D eigenvalue weighted by molar-refractivity contribution is 0.459. The van der Waals surface area contributed by atoms with Crippen molar-refractivity contribution >= 4 is 5.69 Å². The predicted octanol–water partition coefficient (Wildman–Crippen LogP) is 4.36. The van der Waals surface area contributed by atoms with Crippen molar-refractivity contribution in [1.82, 2.24) is 0 Å². The van der Waals surface area contributed by atoms with Crippen LogP contribution in [0.2, 0.25) is 0 Å². The van der Waals surface area contributed by atoms with E-state index in [4.69, 9.17) is 4.42 Å². The Morgan fingerprint density at radius 3 is 2.95 bits per heavy atom. The number of benzene rings is 1. The normalized spacial score (nSPS) is 18.2. The van der Waals surface area contributed by atoms with Crippen molar-refractivity contribution in [3.05, 3.63) is 53.0 Å². The number of aryl methyl sites for hydroxylation is 2. The molecule has 1 atom stereocenters. The summed E-state index contributed by atoms with van der Waals surface area (Å²) < 4.78 is 33.1. The van der Waals surface area contributed by atoms with Gasteiger partial charge in [0, 0.05) is 12.0 Å². The first-order valence-corrected chi connectivity index (χ1v) is 6.44. The lowest BCUT2D eigenvalue weighted by Gasteiger charge is -2.24. The zero-order valence-corrected chi connectivity index (χ0v) is 10.7. The molecular weight excluding hydrogens is 248 g/mol. The molecule has 0 amide bonds. The van der Waals surface area contributed by atoms with Gasteiger partial charge in [0.05, 0.1) is 12.3 Å². The fourth-order valence-electron chi connectivity index (χ4n) is 2.60. The fraction of sp³-hybridized carbons (Fsp3) is 0.333. The van der Waals surface area contributed by atoms with Crippen LogP contribution in [0.25, 0.3) is 0 Å². The number of rotatable bonds is 2. The van der Waals surface area contributed by atoms with Gasteiger partial charge in [0.25, 0.3) is 0 Å². The third-order valence-electron chi connectivity index (χ3n) is 3.65. The minimum absolute atomic E-state index is 0.0425. The molecule has 3 rings (SSSR count). The van der Waals surface area contributed by atoms with Gasteiger partial charge in [-0.1, -0.05) is 6.07 Å². The lowest BCUT2D eigenvalue weighted by atomic mass is 9.93. The van der Waals surface area contributed by atoms with Crippen molar-refractivity contribution in [2.75, 3.05) is 5.32 Å². The molecule has 2 nitrogen and oxygen atoms in total. The molecule has 0 saturated carbocycles. The largest absolute Gasteiger partial charge is 0.469 e. The highest BCUT2D eigenvalue weighted by Gasteiger charge is 2.24. The zero-order chi connectivity index (χ0) is 13.4. The second kappa shape index (κ2) is 4.68. The molecule has 0 spiro atoms. The summed E-state index contributed by atoms with van der Waals surface area (Å²) in [6.45, 7) is 1.63. The van der Waals surface area contributed by atoms with Gasteiger partial charge in [0.2, 0.25) is 0 Å². The highest BCUT2D eigenvalue weighted by Crippen LogP contribution is 2.35. The van der Waals surface area contributed by atoms with Gasteiger partial charge in [-0.25, -0.2) is 8.78 Å². The van der Waals surface area contributed by atoms with Crippen LogP contribution in [0, 0.1) is 18.6 Å². The topological polar surface area (TPSA) is 25.2 Å². The van der Waals surface area contributed by atoms with Gasteiger partial charge in [-0.2, -0.15) is 0 Å². The molecule has 0 aliphatic heterocycles. The maximum absolute atomic E-state index is 14.0. The molecule has 1 heterocycles. The summed E-state index contributed by atoms with van der Waals surface area (Å²) in [5, 5.41) is 2.99. The Hall–Kier alpha value is -1.84. The number of hydrogen-bond donors (Lipinski definition) is 1. The molecule has 1 aliphatic carbocycles. The van der Waals surface area contributed by atoms with Crippen molar-refractivity contribution in [2.45, 2.75) is 32.2 Å². The van der Waals surface area contributed by atoms with Crippen LogP contribution in [0.5, 0.6) is 0 Å². The SMILES string of the molecule is Cc1ccc(F)c(NC2CCCc3occc32)c1F. The molecule has 19 heavy (non-hydrogen) atoms. The molecule has 100 valence electrons. The summed E-state index contributed by atoms with van der Waals surface area (Å²) in [5.74, 6) is -0.161. The van der Waals surface area contributed by atoms with E-state index in [0.29, 0.717) is 5.56 Å². The first-order valence-electron chi connectivity index (χ1n) is 6.44. The summed E-state index contributed by atoms with van der Waals surface area (Å²) >= 11 is 0. The van der Waals surface area contributed by atoms with E-state index in [9.17, 15) is 8.78 Å². The first kappa shape index (κ1) is 12.2. The van der Waals surface area contributed by atoms with Gasteiger partial charge >= 0.3 is 0 Å². The van der Waals surface area contributed by atoms with Crippen molar-refractivity contribution in [1.29, 1.82) is 0 Å². The van der Waals surface area contributed by atoms with Crippen LogP contribution in [0.4, 0.5) is 14.5 Å².